The van der Waals surface area contributed by atoms with Crippen LogP contribution in [0.25, 0.3) is 28.2 Å². The Morgan fingerprint density at radius 3 is 2.30 bits per heavy atom. The molecule has 37 heavy (non-hydrogen) atoms. The van der Waals surface area contributed by atoms with Gasteiger partial charge in [0.25, 0.3) is 0 Å². The minimum atomic E-state index is -0.141. The molecule has 0 saturated heterocycles. The Balaban J connectivity index is 1.42. The average molecular weight is 527 g/mol. The molecule has 0 aliphatic carbocycles. The van der Waals surface area contributed by atoms with E-state index in [0.717, 1.165) is 28.1 Å². The molecule has 1 aromatic heterocycles. The summed E-state index contributed by atoms with van der Waals surface area (Å²) in [4.78, 5) is 13.0. The number of ether oxygens (including phenoxy) is 1. The number of rotatable bonds is 8. The van der Waals surface area contributed by atoms with E-state index in [1.807, 2.05) is 108 Å². The van der Waals surface area contributed by atoms with Crippen molar-refractivity contribution in [2.45, 2.75) is 5.16 Å². The predicted octanol–water partition coefficient (Wildman–Crippen LogP) is 6.99. The smallest absolute Gasteiger partial charge is 0.234 e. The van der Waals surface area contributed by atoms with Crippen LogP contribution in [0.15, 0.2) is 108 Å². The number of methoxy groups -OCH3 is 1. The molecule has 0 bridgehead atoms. The second-order valence-corrected chi connectivity index (χ2v) is 9.45. The molecular weight excluding hydrogens is 504 g/mol. The number of halogens is 1. The SMILES string of the molecule is COc1ccccc1-c1nnc(SCC(=O)Nc2ccccc2-c2ccccc2)n1-c1ccc(Cl)cc1. The van der Waals surface area contributed by atoms with Gasteiger partial charge in [0.05, 0.1) is 18.4 Å². The average Bonchev–Trinajstić information content (AvgIpc) is 3.37. The highest BCUT2D eigenvalue weighted by atomic mass is 35.5. The van der Waals surface area contributed by atoms with Crippen LogP contribution in [0.4, 0.5) is 5.69 Å². The largest absolute Gasteiger partial charge is 0.496 e. The van der Waals surface area contributed by atoms with Crippen LogP contribution in [0.2, 0.25) is 5.02 Å². The molecule has 0 atom stereocenters. The van der Waals surface area contributed by atoms with Gasteiger partial charge < -0.3 is 10.1 Å². The Hall–Kier alpha value is -4.07. The van der Waals surface area contributed by atoms with Gasteiger partial charge in [-0.25, -0.2) is 0 Å². The van der Waals surface area contributed by atoms with E-state index in [4.69, 9.17) is 16.3 Å². The number of anilines is 1. The molecule has 1 heterocycles. The minimum absolute atomic E-state index is 0.141. The number of aromatic nitrogens is 3. The summed E-state index contributed by atoms with van der Waals surface area (Å²) in [7, 11) is 1.62. The zero-order valence-electron chi connectivity index (χ0n) is 20.0. The second kappa shape index (κ2) is 11.3. The van der Waals surface area contributed by atoms with E-state index in [9.17, 15) is 4.79 Å². The summed E-state index contributed by atoms with van der Waals surface area (Å²) in [5.41, 5.74) is 4.38. The molecule has 0 aliphatic heterocycles. The summed E-state index contributed by atoms with van der Waals surface area (Å²) in [6.07, 6.45) is 0. The standard InChI is InChI=1S/C29H23ClN4O2S/c1-36-26-14-8-6-12-24(26)28-32-33-29(34(28)22-17-15-21(30)16-18-22)37-19-27(35)31-25-13-7-5-11-23(25)20-9-3-2-4-10-20/h2-18H,19H2,1H3,(H,31,35). The number of thioether (sulfide) groups is 1. The highest BCUT2D eigenvalue weighted by Gasteiger charge is 2.20. The zero-order valence-corrected chi connectivity index (χ0v) is 21.5. The summed E-state index contributed by atoms with van der Waals surface area (Å²) < 4.78 is 7.46. The summed E-state index contributed by atoms with van der Waals surface area (Å²) in [5, 5.41) is 13.1. The quantitative estimate of drug-likeness (QED) is 0.221. The monoisotopic (exact) mass is 526 g/mol. The second-order valence-electron chi connectivity index (χ2n) is 8.07. The number of carbonyl (C=O) groups is 1. The van der Waals surface area contributed by atoms with Gasteiger partial charge in [0.15, 0.2) is 11.0 Å². The summed E-state index contributed by atoms with van der Waals surface area (Å²) in [5.74, 6) is 1.30. The van der Waals surface area contributed by atoms with Crippen molar-refractivity contribution in [3.05, 3.63) is 108 Å². The molecule has 0 radical (unpaired) electrons. The van der Waals surface area contributed by atoms with Crippen LogP contribution in [0.3, 0.4) is 0 Å². The Morgan fingerprint density at radius 2 is 1.54 bits per heavy atom. The number of hydrogen-bond acceptors (Lipinski definition) is 5. The van der Waals surface area contributed by atoms with Crippen LogP contribution in [-0.4, -0.2) is 33.5 Å². The van der Waals surface area contributed by atoms with E-state index in [-0.39, 0.29) is 11.7 Å². The lowest BCUT2D eigenvalue weighted by Gasteiger charge is -2.13. The number of para-hydroxylation sites is 2. The molecule has 1 N–H and O–H groups in total. The van der Waals surface area contributed by atoms with Crippen LogP contribution in [-0.2, 0) is 4.79 Å². The zero-order chi connectivity index (χ0) is 25.6. The van der Waals surface area contributed by atoms with E-state index in [2.05, 4.69) is 15.5 Å². The number of hydrogen-bond donors (Lipinski definition) is 1. The normalized spacial score (nSPS) is 10.8. The van der Waals surface area contributed by atoms with Gasteiger partial charge in [0, 0.05) is 22.0 Å². The maximum Gasteiger partial charge on any atom is 0.234 e. The van der Waals surface area contributed by atoms with Crippen molar-refractivity contribution in [3.63, 3.8) is 0 Å². The number of nitrogens with zero attached hydrogens (tertiary/aromatic N) is 3. The van der Waals surface area contributed by atoms with Crippen molar-refractivity contribution >= 4 is 35.0 Å². The Morgan fingerprint density at radius 1 is 0.865 bits per heavy atom. The van der Waals surface area contributed by atoms with Crippen molar-refractivity contribution in [2.24, 2.45) is 0 Å². The highest BCUT2D eigenvalue weighted by Crippen LogP contribution is 2.34. The molecule has 0 spiro atoms. The van der Waals surface area contributed by atoms with Gasteiger partial charge in [-0.05, 0) is 48.0 Å². The number of benzene rings is 4. The predicted molar refractivity (Wildman–Crippen MR) is 150 cm³/mol. The van der Waals surface area contributed by atoms with Gasteiger partial charge in [-0.2, -0.15) is 0 Å². The van der Waals surface area contributed by atoms with Crippen LogP contribution in [0.1, 0.15) is 0 Å². The third-order valence-electron chi connectivity index (χ3n) is 5.68. The van der Waals surface area contributed by atoms with Gasteiger partial charge >= 0.3 is 0 Å². The van der Waals surface area contributed by atoms with Crippen molar-refractivity contribution < 1.29 is 9.53 Å². The third-order valence-corrected chi connectivity index (χ3v) is 6.87. The Kier molecular flexibility index (Phi) is 7.54. The highest BCUT2D eigenvalue weighted by molar-refractivity contribution is 7.99. The van der Waals surface area contributed by atoms with Gasteiger partial charge in [-0.15, -0.1) is 10.2 Å². The van der Waals surface area contributed by atoms with Crippen molar-refractivity contribution in [1.29, 1.82) is 0 Å². The van der Waals surface area contributed by atoms with Gasteiger partial charge in [0.1, 0.15) is 5.75 Å². The fourth-order valence-corrected chi connectivity index (χ4v) is 4.85. The lowest BCUT2D eigenvalue weighted by molar-refractivity contribution is -0.113. The molecule has 5 aromatic rings. The van der Waals surface area contributed by atoms with E-state index in [0.29, 0.717) is 21.8 Å². The van der Waals surface area contributed by atoms with Gasteiger partial charge in [0.2, 0.25) is 5.91 Å². The van der Waals surface area contributed by atoms with Crippen LogP contribution in [0.5, 0.6) is 5.75 Å². The summed E-state index contributed by atoms with van der Waals surface area (Å²) in [6.45, 7) is 0. The minimum Gasteiger partial charge on any atom is -0.496 e. The molecule has 6 nitrogen and oxygen atoms in total. The van der Waals surface area contributed by atoms with Crippen molar-refractivity contribution in [1.82, 2.24) is 14.8 Å². The van der Waals surface area contributed by atoms with Crippen LogP contribution < -0.4 is 10.1 Å². The van der Waals surface area contributed by atoms with Crippen molar-refractivity contribution in [2.75, 3.05) is 18.2 Å². The fourth-order valence-electron chi connectivity index (χ4n) is 3.97. The van der Waals surface area contributed by atoms with Crippen LogP contribution in [0, 0.1) is 0 Å². The molecular formula is C29H23ClN4O2S. The molecule has 0 saturated carbocycles. The first-order chi connectivity index (χ1) is 18.1. The molecule has 184 valence electrons. The summed E-state index contributed by atoms with van der Waals surface area (Å²) in [6, 6.07) is 32.8. The maximum atomic E-state index is 13.0. The first-order valence-electron chi connectivity index (χ1n) is 11.6. The van der Waals surface area contributed by atoms with E-state index in [1.54, 1.807) is 7.11 Å². The third kappa shape index (κ3) is 5.53. The molecule has 1 amide bonds. The fraction of sp³-hybridized carbons (Fsp3) is 0.0690. The summed E-state index contributed by atoms with van der Waals surface area (Å²) >= 11 is 7.44. The maximum absolute atomic E-state index is 13.0. The number of amides is 1. The Labute approximate surface area is 224 Å². The van der Waals surface area contributed by atoms with E-state index in [1.165, 1.54) is 11.8 Å². The molecule has 5 rings (SSSR count). The van der Waals surface area contributed by atoms with Crippen LogP contribution >= 0.6 is 23.4 Å². The first kappa shape index (κ1) is 24.6. The van der Waals surface area contributed by atoms with E-state index >= 15 is 0 Å². The van der Waals surface area contributed by atoms with Gasteiger partial charge in [-0.1, -0.05) is 84.0 Å². The molecule has 0 unspecified atom stereocenters. The molecule has 0 aliphatic rings. The molecule has 0 fully saturated rings. The van der Waals surface area contributed by atoms with Crippen molar-refractivity contribution in [3.8, 4) is 34.0 Å². The van der Waals surface area contributed by atoms with E-state index < -0.39 is 0 Å². The number of nitrogens with one attached hydrogen (secondary N) is 1. The Bertz CT molecular complexity index is 1520. The molecule has 4 aromatic carbocycles. The first-order valence-corrected chi connectivity index (χ1v) is 12.9. The topological polar surface area (TPSA) is 69.0 Å². The molecule has 8 heteroatoms. The number of carbonyl (C=O) groups excluding carboxylic acids is 1. The lowest BCUT2D eigenvalue weighted by atomic mass is 10.0. The van der Waals surface area contributed by atoms with Gasteiger partial charge in [-0.3, -0.25) is 9.36 Å². The lowest BCUT2D eigenvalue weighted by Crippen LogP contribution is -2.15.